The molecule has 0 aromatic heterocycles. The molecule has 4 fully saturated rings. The summed E-state index contributed by atoms with van der Waals surface area (Å²) in [6.07, 6.45) is 10.7. The Hall–Kier alpha value is -2.31. The molecule has 5 aliphatic rings. The number of allylic oxidation sites excluding steroid dienone is 1. The molecule has 0 aromatic carbocycles. The summed E-state index contributed by atoms with van der Waals surface area (Å²) in [5.41, 5.74) is -0.142. The highest BCUT2D eigenvalue weighted by Crippen LogP contribution is 2.66. The minimum Gasteiger partial charge on any atom is -0.469 e. The van der Waals surface area contributed by atoms with E-state index in [0.29, 0.717) is 24.8 Å². The average molecular weight is 402 g/mol. The van der Waals surface area contributed by atoms with Gasteiger partial charge in [0.2, 0.25) is 5.91 Å². The van der Waals surface area contributed by atoms with E-state index >= 15 is 0 Å². The van der Waals surface area contributed by atoms with Crippen molar-refractivity contribution in [2.45, 2.75) is 51.5 Å². The van der Waals surface area contributed by atoms with Crippen LogP contribution in [0, 0.1) is 22.7 Å². The van der Waals surface area contributed by atoms with Gasteiger partial charge in [0.05, 0.1) is 25.0 Å². The third-order valence-corrected chi connectivity index (χ3v) is 7.27. The summed E-state index contributed by atoms with van der Waals surface area (Å²) in [4.78, 5) is 39.5. The molecule has 7 heteroatoms. The molecule has 1 N–H and O–H groups in total. The van der Waals surface area contributed by atoms with E-state index in [1.54, 1.807) is 18.0 Å². The normalized spacial score (nSPS) is 35.7. The van der Waals surface area contributed by atoms with Gasteiger partial charge in [0.1, 0.15) is 6.04 Å². The quantitative estimate of drug-likeness (QED) is 0.709. The molecule has 29 heavy (non-hydrogen) atoms. The number of nitrogens with one attached hydrogen (secondary N) is 1. The standard InChI is InChI=1S/C22H30N2O5/c1-14(18(25)28-2)23-17-4-6-24(7-5-17)19(26)21-9-15-8-16(10-21)12-22(11-15,13-21)20(27)29-3/h4-6,14-16,23H,7-13H2,1-3H3/t14-,15?,16?,21?,22?/m0/s1. The summed E-state index contributed by atoms with van der Waals surface area (Å²) in [6.45, 7) is 2.19. The maximum absolute atomic E-state index is 13.6. The Labute approximate surface area is 171 Å². The van der Waals surface area contributed by atoms with E-state index in [1.807, 2.05) is 12.2 Å². The van der Waals surface area contributed by atoms with Gasteiger partial charge in [-0.05, 0) is 69.4 Å². The van der Waals surface area contributed by atoms with Crippen molar-refractivity contribution in [1.82, 2.24) is 10.2 Å². The maximum Gasteiger partial charge on any atom is 0.327 e. The number of hydrogen-bond donors (Lipinski definition) is 1. The summed E-state index contributed by atoms with van der Waals surface area (Å²) in [7, 11) is 2.82. The van der Waals surface area contributed by atoms with Crippen LogP contribution in [0.25, 0.3) is 0 Å². The molecule has 4 aliphatic carbocycles. The van der Waals surface area contributed by atoms with E-state index in [4.69, 9.17) is 9.47 Å². The Kier molecular flexibility index (Phi) is 4.95. The number of hydrogen-bond acceptors (Lipinski definition) is 6. The van der Waals surface area contributed by atoms with Crippen LogP contribution in [0.5, 0.6) is 0 Å². The van der Waals surface area contributed by atoms with Gasteiger partial charge in [0, 0.05) is 18.4 Å². The van der Waals surface area contributed by atoms with Crippen molar-refractivity contribution < 1.29 is 23.9 Å². The summed E-state index contributed by atoms with van der Waals surface area (Å²) in [5.74, 6) is 0.511. The monoisotopic (exact) mass is 402 g/mol. The van der Waals surface area contributed by atoms with Gasteiger partial charge in [-0.3, -0.25) is 9.59 Å². The van der Waals surface area contributed by atoms with Crippen LogP contribution >= 0.6 is 0 Å². The second-order valence-corrected chi connectivity index (χ2v) is 9.34. The zero-order chi connectivity index (χ0) is 20.8. The van der Waals surface area contributed by atoms with Crippen LogP contribution in [0.4, 0.5) is 0 Å². The van der Waals surface area contributed by atoms with Crippen LogP contribution in [0.1, 0.15) is 45.4 Å². The van der Waals surface area contributed by atoms with Gasteiger partial charge in [-0.1, -0.05) is 0 Å². The van der Waals surface area contributed by atoms with Gasteiger partial charge in [-0.15, -0.1) is 0 Å². The van der Waals surface area contributed by atoms with Crippen molar-refractivity contribution in [3.63, 3.8) is 0 Å². The number of esters is 2. The number of ether oxygens (including phenoxy) is 2. The van der Waals surface area contributed by atoms with Crippen molar-refractivity contribution in [1.29, 1.82) is 0 Å². The molecule has 3 atom stereocenters. The van der Waals surface area contributed by atoms with Gasteiger partial charge in [0.25, 0.3) is 0 Å². The molecular weight excluding hydrogens is 372 g/mol. The molecule has 5 rings (SSSR count). The molecular formula is C22H30N2O5. The molecule has 7 nitrogen and oxygen atoms in total. The molecule has 0 saturated heterocycles. The zero-order valence-electron chi connectivity index (χ0n) is 17.4. The first-order chi connectivity index (χ1) is 13.8. The summed E-state index contributed by atoms with van der Waals surface area (Å²) in [6, 6.07) is -0.457. The Morgan fingerprint density at radius 1 is 1.10 bits per heavy atom. The minimum absolute atomic E-state index is 0.118. The van der Waals surface area contributed by atoms with Crippen molar-refractivity contribution in [2.75, 3.05) is 20.8 Å². The molecule has 1 heterocycles. The fraction of sp³-hybridized carbons (Fsp3) is 0.682. The lowest BCUT2D eigenvalue weighted by Gasteiger charge is -2.60. The van der Waals surface area contributed by atoms with Crippen LogP contribution < -0.4 is 5.32 Å². The first-order valence-electron chi connectivity index (χ1n) is 10.4. The number of rotatable bonds is 5. The topological polar surface area (TPSA) is 84.9 Å². The third kappa shape index (κ3) is 3.34. The Morgan fingerprint density at radius 2 is 1.76 bits per heavy atom. The van der Waals surface area contributed by atoms with Gasteiger partial charge < -0.3 is 19.7 Å². The zero-order valence-corrected chi connectivity index (χ0v) is 17.4. The van der Waals surface area contributed by atoms with Gasteiger partial charge in [0.15, 0.2) is 0 Å². The minimum atomic E-state index is -0.480. The first kappa shape index (κ1) is 20.0. The lowest BCUT2D eigenvalue weighted by atomic mass is 9.44. The van der Waals surface area contributed by atoms with E-state index in [1.165, 1.54) is 14.2 Å². The molecule has 4 bridgehead atoms. The Balaban J connectivity index is 1.47. The molecule has 2 unspecified atom stereocenters. The highest BCUT2D eigenvalue weighted by Gasteiger charge is 2.64. The first-order valence-corrected chi connectivity index (χ1v) is 10.4. The summed E-state index contributed by atoms with van der Waals surface area (Å²) < 4.78 is 9.89. The Morgan fingerprint density at radius 3 is 2.31 bits per heavy atom. The SMILES string of the molecule is COC(=O)[C@H](C)NC1=CCN(C(=O)C23CC4CC(CC(C(=O)OC)(C4)C2)C3)C=C1. The van der Waals surface area contributed by atoms with E-state index in [2.05, 4.69) is 5.32 Å². The third-order valence-electron chi connectivity index (χ3n) is 7.27. The van der Waals surface area contributed by atoms with Gasteiger partial charge in [-0.25, -0.2) is 4.79 Å². The largest absolute Gasteiger partial charge is 0.469 e. The van der Waals surface area contributed by atoms with Crippen molar-refractivity contribution in [3.05, 3.63) is 24.0 Å². The smallest absolute Gasteiger partial charge is 0.327 e. The molecule has 1 aliphatic heterocycles. The number of carbonyl (C=O) groups excluding carboxylic acids is 3. The second-order valence-electron chi connectivity index (χ2n) is 9.34. The molecule has 0 spiro atoms. The summed E-state index contributed by atoms with van der Waals surface area (Å²) in [5, 5.41) is 3.09. The van der Waals surface area contributed by atoms with Crippen LogP contribution in [0.2, 0.25) is 0 Å². The van der Waals surface area contributed by atoms with E-state index in [0.717, 1.165) is 37.8 Å². The van der Waals surface area contributed by atoms with Crippen molar-refractivity contribution >= 4 is 17.8 Å². The van der Waals surface area contributed by atoms with Crippen LogP contribution in [-0.2, 0) is 23.9 Å². The van der Waals surface area contributed by atoms with Crippen LogP contribution in [0.3, 0.4) is 0 Å². The van der Waals surface area contributed by atoms with Gasteiger partial charge >= 0.3 is 11.9 Å². The maximum atomic E-state index is 13.6. The van der Waals surface area contributed by atoms with Crippen LogP contribution in [-0.4, -0.2) is 49.6 Å². The predicted molar refractivity (Wildman–Crippen MR) is 105 cm³/mol. The van der Waals surface area contributed by atoms with E-state index in [9.17, 15) is 14.4 Å². The van der Waals surface area contributed by atoms with Crippen LogP contribution in [0.15, 0.2) is 24.0 Å². The van der Waals surface area contributed by atoms with Crippen molar-refractivity contribution in [2.24, 2.45) is 22.7 Å². The number of carbonyl (C=O) groups is 3. The predicted octanol–water partition coefficient (Wildman–Crippen LogP) is 2.14. The molecule has 0 aromatic rings. The summed E-state index contributed by atoms with van der Waals surface area (Å²) >= 11 is 0. The highest BCUT2D eigenvalue weighted by molar-refractivity contribution is 5.87. The Bertz CT molecular complexity index is 772. The highest BCUT2D eigenvalue weighted by atomic mass is 16.5. The molecule has 4 saturated carbocycles. The van der Waals surface area contributed by atoms with E-state index < -0.39 is 16.9 Å². The molecule has 0 radical (unpaired) electrons. The van der Waals surface area contributed by atoms with Crippen molar-refractivity contribution in [3.8, 4) is 0 Å². The average Bonchev–Trinajstić information content (AvgIpc) is 2.71. The molecule has 1 amide bonds. The number of methoxy groups -OCH3 is 2. The lowest BCUT2D eigenvalue weighted by molar-refractivity contribution is -0.184. The fourth-order valence-corrected chi connectivity index (χ4v) is 6.51. The molecule has 158 valence electrons. The fourth-order valence-electron chi connectivity index (χ4n) is 6.51. The second kappa shape index (κ2) is 7.18. The number of nitrogens with zero attached hydrogens (tertiary/aromatic N) is 1. The van der Waals surface area contributed by atoms with Gasteiger partial charge in [-0.2, -0.15) is 0 Å². The number of amides is 1. The van der Waals surface area contributed by atoms with E-state index in [-0.39, 0.29) is 17.8 Å². The lowest BCUT2D eigenvalue weighted by Crippen LogP contribution is -2.60.